The van der Waals surface area contributed by atoms with Crippen molar-refractivity contribution in [1.29, 1.82) is 0 Å². The monoisotopic (exact) mass is 271 g/mol. The van der Waals surface area contributed by atoms with Gasteiger partial charge in [-0.25, -0.2) is 0 Å². The fraction of sp³-hybridized carbons (Fsp3) is 0.0714. The van der Waals surface area contributed by atoms with Crippen molar-refractivity contribution in [3.05, 3.63) is 64.2 Å². The highest BCUT2D eigenvalue weighted by molar-refractivity contribution is 5.99. The molecule has 2 N–H and O–H groups in total. The smallest absolute Gasteiger partial charge is 0.271 e. The molecule has 2 aromatic rings. The number of rotatable bonds is 4. The topological polar surface area (TPSA) is 87.8 Å². The fourth-order valence-corrected chi connectivity index (χ4v) is 1.60. The predicted molar refractivity (Wildman–Crippen MR) is 77.0 cm³/mol. The van der Waals surface area contributed by atoms with E-state index in [1.807, 2.05) is 0 Å². The van der Waals surface area contributed by atoms with E-state index < -0.39 is 4.92 Å². The van der Waals surface area contributed by atoms with Crippen LogP contribution in [0.15, 0.2) is 53.6 Å². The number of hydrogen-bond donors (Lipinski definition) is 2. The summed E-state index contributed by atoms with van der Waals surface area (Å²) in [6.45, 7) is 1.80. The second-order valence-electron chi connectivity index (χ2n) is 4.16. The quantitative estimate of drug-likeness (QED) is 0.508. The van der Waals surface area contributed by atoms with E-state index in [0.717, 1.165) is 5.56 Å². The molecule has 0 saturated carbocycles. The number of hydrogen-bond acceptors (Lipinski definition) is 5. The molecular weight excluding hydrogens is 258 g/mol. The maximum Gasteiger partial charge on any atom is 0.271 e. The molecule has 2 rings (SSSR count). The maximum absolute atomic E-state index is 10.7. The lowest BCUT2D eigenvalue weighted by Crippen LogP contribution is -1.99. The molecule has 0 fully saturated rings. The Balaban J connectivity index is 2.14. The molecule has 0 heterocycles. The standard InChI is InChI=1S/C14H13N3O3/c1-10(11-5-7-14(18)8-6-11)15-16-12-3-2-4-13(9-12)17(19)20/h2-9,16,18H,1H3. The van der Waals surface area contributed by atoms with Crippen molar-refractivity contribution in [1.82, 2.24) is 0 Å². The number of aromatic hydroxyl groups is 1. The van der Waals surface area contributed by atoms with Gasteiger partial charge in [-0.05, 0) is 42.8 Å². The lowest BCUT2D eigenvalue weighted by atomic mass is 10.1. The molecule has 0 bridgehead atoms. The normalized spacial score (nSPS) is 11.2. The summed E-state index contributed by atoms with van der Waals surface area (Å²) < 4.78 is 0. The van der Waals surface area contributed by atoms with Gasteiger partial charge in [0.1, 0.15) is 5.75 Å². The Kier molecular flexibility index (Phi) is 3.95. The van der Waals surface area contributed by atoms with Crippen molar-refractivity contribution in [3.63, 3.8) is 0 Å². The van der Waals surface area contributed by atoms with Crippen LogP contribution in [0.1, 0.15) is 12.5 Å². The van der Waals surface area contributed by atoms with Gasteiger partial charge in [-0.1, -0.05) is 6.07 Å². The van der Waals surface area contributed by atoms with Crippen molar-refractivity contribution in [3.8, 4) is 5.75 Å². The van der Waals surface area contributed by atoms with Crippen LogP contribution >= 0.6 is 0 Å². The minimum Gasteiger partial charge on any atom is -0.508 e. The van der Waals surface area contributed by atoms with Crippen LogP contribution in [0.2, 0.25) is 0 Å². The molecule has 2 aromatic carbocycles. The molecule has 0 unspecified atom stereocenters. The van der Waals surface area contributed by atoms with Crippen LogP contribution in [0.5, 0.6) is 5.75 Å². The lowest BCUT2D eigenvalue weighted by molar-refractivity contribution is -0.384. The molecule has 0 aliphatic heterocycles. The first-order valence-corrected chi connectivity index (χ1v) is 5.90. The average Bonchev–Trinajstić information content (AvgIpc) is 2.46. The van der Waals surface area contributed by atoms with E-state index >= 15 is 0 Å². The van der Waals surface area contributed by atoms with Gasteiger partial charge in [-0.15, -0.1) is 0 Å². The number of benzene rings is 2. The second kappa shape index (κ2) is 5.83. The van der Waals surface area contributed by atoms with Crippen molar-refractivity contribution in [2.75, 3.05) is 5.43 Å². The second-order valence-corrected chi connectivity index (χ2v) is 4.16. The molecule has 6 heteroatoms. The average molecular weight is 271 g/mol. The fourth-order valence-electron chi connectivity index (χ4n) is 1.60. The van der Waals surface area contributed by atoms with Gasteiger partial charge < -0.3 is 5.11 Å². The molecule has 0 aliphatic rings. The number of nitro groups is 1. The number of nitro benzene ring substituents is 1. The van der Waals surface area contributed by atoms with Crippen molar-refractivity contribution in [2.24, 2.45) is 5.10 Å². The van der Waals surface area contributed by atoms with Gasteiger partial charge in [0.05, 0.1) is 16.3 Å². The Morgan fingerprint density at radius 3 is 2.60 bits per heavy atom. The molecule has 0 aromatic heterocycles. The van der Waals surface area contributed by atoms with Gasteiger partial charge in [-0.2, -0.15) is 5.10 Å². The third-order valence-electron chi connectivity index (χ3n) is 2.69. The molecule has 20 heavy (non-hydrogen) atoms. The molecule has 0 radical (unpaired) electrons. The van der Waals surface area contributed by atoms with Gasteiger partial charge >= 0.3 is 0 Å². The molecule has 0 amide bonds. The van der Waals surface area contributed by atoms with Gasteiger partial charge in [-0.3, -0.25) is 15.5 Å². The Morgan fingerprint density at radius 2 is 1.95 bits per heavy atom. The number of anilines is 1. The zero-order chi connectivity index (χ0) is 14.5. The van der Waals surface area contributed by atoms with Gasteiger partial charge in [0.2, 0.25) is 0 Å². The van der Waals surface area contributed by atoms with Crippen molar-refractivity contribution in [2.45, 2.75) is 6.92 Å². The molecule has 0 spiro atoms. The first-order valence-electron chi connectivity index (χ1n) is 5.90. The Morgan fingerprint density at radius 1 is 1.25 bits per heavy atom. The SMILES string of the molecule is CC(=NNc1cccc([N+](=O)[O-])c1)c1ccc(O)cc1. The first kappa shape index (κ1) is 13.5. The largest absolute Gasteiger partial charge is 0.508 e. The Hall–Kier alpha value is -2.89. The summed E-state index contributed by atoms with van der Waals surface area (Å²) in [6.07, 6.45) is 0. The highest BCUT2D eigenvalue weighted by Gasteiger charge is 2.05. The van der Waals surface area contributed by atoms with E-state index in [1.54, 1.807) is 43.3 Å². The number of nitrogens with zero attached hydrogens (tertiary/aromatic N) is 2. The van der Waals surface area contributed by atoms with Gasteiger partial charge in [0.25, 0.3) is 5.69 Å². The van der Waals surface area contributed by atoms with Crippen LogP contribution < -0.4 is 5.43 Å². The van der Waals surface area contributed by atoms with E-state index in [9.17, 15) is 15.2 Å². The van der Waals surface area contributed by atoms with E-state index in [4.69, 9.17) is 0 Å². The maximum atomic E-state index is 10.7. The van der Waals surface area contributed by atoms with Crippen molar-refractivity contribution >= 4 is 17.1 Å². The number of non-ortho nitro benzene ring substituents is 1. The third-order valence-corrected chi connectivity index (χ3v) is 2.69. The summed E-state index contributed by atoms with van der Waals surface area (Å²) in [7, 11) is 0. The molecular formula is C14H13N3O3. The number of phenols is 1. The minimum atomic E-state index is -0.457. The van der Waals surface area contributed by atoms with Gasteiger partial charge in [0, 0.05) is 12.1 Å². The molecule has 0 saturated heterocycles. The molecule has 0 atom stereocenters. The van der Waals surface area contributed by atoms with Crippen LogP contribution in [-0.2, 0) is 0 Å². The van der Waals surface area contributed by atoms with Crippen LogP contribution in [0.3, 0.4) is 0 Å². The van der Waals surface area contributed by atoms with Crippen molar-refractivity contribution < 1.29 is 10.0 Å². The van der Waals surface area contributed by atoms with Crippen LogP contribution in [-0.4, -0.2) is 15.7 Å². The summed E-state index contributed by atoms with van der Waals surface area (Å²) >= 11 is 0. The summed E-state index contributed by atoms with van der Waals surface area (Å²) in [5.41, 5.74) is 4.87. The molecule has 102 valence electrons. The summed E-state index contributed by atoms with van der Waals surface area (Å²) in [6, 6.07) is 12.7. The first-order chi connectivity index (χ1) is 9.56. The summed E-state index contributed by atoms with van der Waals surface area (Å²) in [4.78, 5) is 10.2. The van der Waals surface area contributed by atoms with Gasteiger partial charge in [0.15, 0.2) is 0 Å². The summed E-state index contributed by atoms with van der Waals surface area (Å²) in [5.74, 6) is 0.188. The minimum absolute atomic E-state index is 0.00693. The van der Waals surface area contributed by atoms with E-state index in [0.29, 0.717) is 11.4 Å². The zero-order valence-corrected chi connectivity index (χ0v) is 10.8. The molecule has 6 nitrogen and oxygen atoms in total. The summed E-state index contributed by atoms with van der Waals surface area (Å²) in [5, 5.41) is 24.0. The highest BCUT2D eigenvalue weighted by Crippen LogP contribution is 2.17. The van der Waals surface area contributed by atoms with E-state index in [-0.39, 0.29) is 11.4 Å². The number of hydrazone groups is 1. The number of phenolic OH excluding ortho intramolecular Hbond substituents is 1. The predicted octanol–water partition coefficient (Wildman–Crippen LogP) is 3.14. The third kappa shape index (κ3) is 3.32. The highest BCUT2D eigenvalue weighted by atomic mass is 16.6. The van der Waals surface area contributed by atoms with Crippen LogP contribution in [0.25, 0.3) is 0 Å². The zero-order valence-electron chi connectivity index (χ0n) is 10.8. The lowest BCUT2D eigenvalue weighted by Gasteiger charge is -2.04. The Labute approximate surface area is 115 Å². The van der Waals surface area contributed by atoms with E-state index in [2.05, 4.69) is 10.5 Å². The molecule has 0 aliphatic carbocycles. The Bertz CT molecular complexity index is 651. The van der Waals surface area contributed by atoms with Crippen LogP contribution in [0.4, 0.5) is 11.4 Å². The number of nitrogens with one attached hydrogen (secondary N) is 1. The van der Waals surface area contributed by atoms with Crippen LogP contribution in [0, 0.1) is 10.1 Å². The van der Waals surface area contributed by atoms with E-state index in [1.165, 1.54) is 12.1 Å².